The second-order valence-electron chi connectivity index (χ2n) is 5.86. The summed E-state index contributed by atoms with van der Waals surface area (Å²) in [5.41, 5.74) is 1.66. The quantitative estimate of drug-likeness (QED) is 0.929. The van der Waals surface area contributed by atoms with Crippen LogP contribution >= 0.6 is 0 Å². The molecule has 1 aliphatic heterocycles. The Balaban J connectivity index is 1.55. The lowest BCUT2D eigenvalue weighted by molar-refractivity contribution is 0.0625. The van der Waals surface area contributed by atoms with E-state index in [1.165, 1.54) is 4.90 Å². The van der Waals surface area contributed by atoms with Crippen molar-refractivity contribution < 1.29 is 19.4 Å². The van der Waals surface area contributed by atoms with E-state index in [2.05, 4.69) is 0 Å². The number of carbonyl (C=O) groups excluding carboxylic acids is 1. The Bertz CT molecular complexity index is 723. The SMILES string of the molecule is O=C(O)N1CCN(C(=O)c2ccc(OCc3ccccc3)cc2)CC1. The Morgan fingerprint density at radius 1 is 0.880 bits per heavy atom. The molecular weight excluding hydrogens is 320 g/mol. The summed E-state index contributed by atoms with van der Waals surface area (Å²) < 4.78 is 5.72. The fraction of sp³-hybridized carbons (Fsp3) is 0.263. The highest BCUT2D eigenvalue weighted by Crippen LogP contribution is 2.16. The van der Waals surface area contributed by atoms with E-state index in [-0.39, 0.29) is 5.91 Å². The summed E-state index contributed by atoms with van der Waals surface area (Å²) in [6.07, 6.45) is -0.938. The molecular formula is C19H20N2O4. The van der Waals surface area contributed by atoms with Crippen LogP contribution in [-0.4, -0.2) is 53.1 Å². The largest absolute Gasteiger partial charge is 0.489 e. The topological polar surface area (TPSA) is 70.1 Å². The third-order valence-corrected chi connectivity index (χ3v) is 4.19. The van der Waals surface area contributed by atoms with Gasteiger partial charge in [0, 0.05) is 31.7 Å². The molecule has 1 fully saturated rings. The number of amides is 2. The average molecular weight is 340 g/mol. The third kappa shape index (κ3) is 4.29. The molecule has 0 saturated carbocycles. The first-order valence-corrected chi connectivity index (χ1v) is 8.17. The van der Waals surface area contributed by atoms with Crippen molar-refractivity contribution in [3.8, 4) is 5.75 Å². The number of hydrogen-bond acceptors (Lipinski definition) is 3. The highest BCUT2D eigenvalue weighted by molar-refractivity contribution is 5.94. The Labute approximate surface area is 146 Å². The molecule has 0 aliphatic carbocycles. The van der Waals surface area contributed by atoms with Crippen LogP contribution in [0.1, 0.15) is 15.9 Å². The second-order valence-corrected chi connectivity index (χ2v) is 5.86. The zero-order chi connectivity index (χ0) is 17.6. The number of nitrogens with zero attached hydrogens (tertiary/aromatic N) is 2. The smallest absolute Gasteiger partial charge is 0.407 e. The van der Waals surface area contributed by atoms with Crippen molar-refractivity contribution in [3.05, 3.63) is 65.7 Å². The van der Waals surface area contributed by atoms with E-state index in [0.717, 1.165) is 5.56 Å². The molecule has 1 heterocycles. The molecule has 0 bridgehead atoms. The number of hydrogen-bond donors (Lipinski definition) is 1. The number of piperazine rings is 1. The lowest BCUT2D eigenvalue weighted by Crippen LogP contribution is -2.50. The Morgan fingerprint density at radius 3 is 2.08 bits per heavy atom. The molecule has 0 radical (unpaired) electrons. The minimum atomic E-state index is -0.938. The number of carboxylic acid groups (broad SMARTS) is 1. The molecule has 3 rings (SSSR count). The second kappa shape index (κ2) is 7.70. The first kappa shape index (κ1) is 16.8. The molecule has 6 heteroatoms. The van der Waals surface area contributed by atoms with Crippen LogP contribution in [0.5, 0.6) is 5.75 Å². The maximum absolute atomic E-state index is 12.5. The molecule has 1 aliphatic rings. The van der Waals surface area contributed by atoms with E-state index >= 15 is 0 Å². The first-order valence-electron chi connectivity index (χ1n) is 8.17. The molecule has 0 aromatic heterocycles. The Morgan fingerprint density at radius 2 is 1.48 bits per heavy atom. The molecule has 1 saturated heterocycles. The Kier molecular flexibility index (Phi) is 5.18. The normalized spacial score (nSPS) is 14.2. The van der Waals surface area contributed by atoms with E-state index in [4.69, 9.17) is 9.84 Å². The summed E-state index contributed by atoms with van der Waals surface area (Å²) in [6.45, 7) is 2.00. The molecule has 6 nitrogen and oxygen atoms in total. The minimum absolute atomic E-state index is 0.0837. The molecule has 0 atom stereocenters. The van der Waals surface area contributed by atoms with Crippen LogP contribution in [-0.2, 0) is 6.61 Å². The van der Waals surface area contributed by atoms with Gasteiger partial charge in [-0.25, -0.2) is 4.79 Å². The predicted octanol–water partition coefficient (Wildman–Crippen LogP) is 2.70. The van der Waals surface area contributed by atoms with Crippen LogP contribution in [0.25, 0.3) is 0 Å². The number of carbonyl (C=O) groups is 2. The van der Waals surface area contributed by atoms with Crippen molar-refractivity contribution in [1.82, 2.24) is 9.80 Å². The van der Waals surface area contributed by atoms with Gasteiger partial charge in [-0.1, -0.05) is 30.3 Å². The van der Waals surface area contributed by atoms with Gasteiger partial charge in [0.05, 0.1) is 0 Å². The molecule has 2 aromatic rings. The molecule has 1 N–H and O–H groups in total. The zero-order valence-electron chi connectivity index (χ0n) is 13.8. The van der Waals surface area contributed by atoms with Crippen molar-refractivity contribution >= 4 is 12.0 Å². The molecule has 0 spiro atoms. The van der Waals surface area contributed by atoms with Gasteiger partial charge in [0.15, 0.2) is 0 Å². The summed E-state index contributed by atoms with van der Waals surface area (Å²) in [6, 6.07) is 16.9. The van der Waals surface area contributed by atoms with Gasteiger partial charge in [0.1, 0.15) is 12.4 Å². The van der Waals surface area contributed by atoms with Crippen LogP contribution in [0.15, 0.2) is 54.6 Å². The third-order valence-electron chi connectivity index (χ3n) is 4.19. The van der Waals surface area contributed by atoms with E-state index in [0.29, 0.717) is 44.1 Å². The van der Waals surface area contributed by atoms with Gasteiger partial charge in [-0.2, -0.15) is 0 Å². The molecule has 2 amide bonds. The van der Waals surface area contributed by atoms with Crippen LogP contribution < -0.4 is 4.74 Å². The fourth-order valence-electron chi connectivity index (χ4n) is 2.72. The molecule has 25 heavy (non-hydrogen) atoms. The maximum Gasteiger partial charge on any atom is 0.407 e. The lowest BCUT2D eigenvalue weighted by atomic mass is 10.1. The molecule has 0 unspecified atom stereocenters. The maximum atomic E-state index is 12.5. The zero-order valence-corrected chi connectivity index (χ0v) is 13.8. The minimum Gasteiger partial charge on any atom is -0.489 e. The van der Waals surface area contributed by atoms with E-state index in [1.807, 2.05) is 30.3 Å². The monoisotopic (exact) mass is 340 g/mol. The molecule has 2 aromatic carbocycles. The summed E-state index contributed by atoms with van der Waals surface area (Å²) in [7, 11) is 0. The van der Waals surface area contributed by atoms with Crippen LogP contribution in [0.4, 0.5) is 4.79 Å². The van der Waals surface area contributed by atoms with E-state index in [9.17, 15) is 9.59 Å². The standard InChI is InChI=1S/C19H20N2O4/c22-18(20-10-12-21(13-11-20)19(23)24)16-6-8-17(9-7-16)25-14-15-4-2-1-3-5-15/h1-9H,10-14H2,(H,23,24). The van der Waals surface area contributed by atoms with Gasteiger partial charge >= 0.3 is 6.09 Å². The Hall–Kier alpha value is -3.02. The number of benzene rings is 2. The summed E-state index contributed by atoms with van der Waals surface area (Å²) in [5.74, 6) is 0.621. The number of rotatable bonds is 4. The number of ether oxygens (including phenoxy) is 1. The van der Waals surface area contributed by atoms with Crippen LogP contribution in [0.2, 0.25) is 0 Å². The van der Waals surface area contributed by atoms with Crippen LogP contribution in [0.3, 0.4) is 0 Å². The summed E-state index contributed by atoms with van der Waals surface area (Å²) in [4.78, 5) is 26.4. The van der Waals surface area contributed by atoms with Gasteiger partial charge in [-0.15, -0.1) is 0 Å². The molecule has 130 valence electrons. The average Bonchev–Trinajstić information content (AvgIpc) is 2.67. The predicted molar refractivity (Wildman–Crippen MR) is 92.7 cm³/mol. The first-order chi connectivity index (χ1) is 12.1. The fourth-order valence-corrected chi connectivity index (χ4v) is 2.72. The summed E-state index contributed by atoms with van der Waals surface area (Å²) >= 11 is 0. The lowest BCUT2D eigenvalue weighted by Gasteiger charge is -2.33. The van der Waals surface area contributed by atoms with Crippen molar-refractivity contribution in [2.24, 2.45) is 0 Å². The highest BCUT2D eigenvalue weighted by atomic mass is 16.5. The van der Waals surface area contributed by atoms with Gasteiger partial charge in [-0.05, 0) is 29.8 Å². The van der Waals surface area contributed by atoms with Crippen molar-refractivity contribution in [1.29, 1.82) is 0 Å². The van der Waals surface area contributed by atoms with Gasteiger partial charge in [-0.3, -0.25) is 4.79 Å². The van der Waals surface area contributed by atoms with Crippen molar-refractivity contribution in [2.45, 2.75) is 6.61 Å². The van der Waals surface area contributed by atoms with Crippen LogP contribution in [0, 0.1) is 0 Å². The summed E-state index contributed by atoms with van der Waals surface area (Å²) in [5, 5.41) is 8.95. The van der Waals surface area contributed by atoms with Gasteiger partial charge < -0.3 is 19.6 Å². The van der Waals surface area contributed by atoms with E-state index < -0.39 is 6.09 Å². The highest BCUT2D eigenvalue weighted by Gasteiger charge is 2.24. The van der Waals surface area contributed by atoms with Crippen molar-refractivity contribution in [3.63, 3.8) is 0 Å². The van der Waals surface area contributed by atoms with E-state index in [1.54, 1.807) is 29.2 Å². The van der Waals surface area contributed by atoms with Gasteiger partial charge in [0.2, 0.25) is 0 Å². The van der Waals surface area contributed by atoms with Crippen molar-refractivity contribution in [2.75, 3.05) is 26.2 Å². The van der Waals surface area contributed by atoms with Gasteiger partial charge in [0.25, 0.3) is 5.91 Å².